The molecule has 21 heavy (non-hydrogen) atoms. The van der Waals surface area contributed by atoms with Crippen molar-refractivity contribution in [3.05, 3.63) is 0 Å². The summed E-state index contributed by atoms with van der Waals surface area (Å²) in [6, 6.07) is -0.746. The van der Waals surface area contributed by atoms with E-state index in [-0.39, 0.29) is 12.3 Å². The molecule has 2 amide bonds. The van der Waals surface area contributed by atoms with E-state index >= 15 is 0 Å². The van der Waals surface area contributed by atoms with E-state index in [4.69, 9.17) is 4.74 Å². The van der Waals surface area contributed by atoms with Gasteiger partial charge in [0.15, 0.2) is 0 Å². The van der Waals surface area contributed by atoms with Crippen molar-refractivity contribution in [3.63, 3.8) is 0 Å². The summed E-state index contributed by atoms with van der Waals surface area (Å²) in [5, 5.41) is 4.77. The number of carbonyl (C=O) groups excluding carboxylic acids is 3. The summed E-state index contributed by atoms with van der Waals surface area (Å²) in [5.74, 6) is -0.575. The molecule has 0 saturated heterocycles. The van der Waals surface area contributed by atoms with E-state index in [1.807, 2.05) is 0 Å². The summed E-state index contributed by atoms with van der Waals surface area (Å²) in [4.78, 5) is 33.4. The SMILES string of the molecule is CC(=O)CNC(=O)[C@H](C)NC(=O)OC(C)(C)C.CS(C)=O. The van der Waals surface area contributed by atoms with Crippen molar-refractivity contribution in [2.75, 3.05) is 19.1 Å². The molecular weight excluding hydrogens is 296 g/mol. The van der Waals surface area contributed by atoms with Crippen LogP contribution < -0.4 is 10.6 Å². The fourth-order valence-corrected chi connectivity index (χ4v) is 0.915. The Labute approximate surface area is 128 Å². The third kappa shape index (κ3) is 18.6. The maximum absolute atomic E-state index is 11.4. The lowest BCUT2D eigenvalue weighted by molar-refractivity contribution is -0.125. The van der Waals surface area contributed by atoms with Crippen LogP contribution in [0.4, 0.5) is 4.79 Å². The van der Waals surface area contributed by atoms with Gasteiger partial charge in [0, 0.05) is 23.3 Å². The Morgan fingerprint density at radius 1 is 1.19 bits per heavy atom. The number of hydrogen-bond acceptors (Lipinski definition) is 5. The van der Waals surface area contributed by atoms with E-state index in [1.165, 1.54) is 13.8 Å². The van der Waals surface area contributed by atoms with E-state index in [0.717, 1.165) is 0 Å². The fraction of sp³-hybridized carbons (Fsp3) is 0.769. The maximum atomic E-state index is 11.4. The molecule has 0 saturated carbocycles. The highest BCUT2D eigenvalue weighted by Crippen LogP contribution is 2.06. The lowest BCUT2D eigenvalue weighted by atomic mass is 10.2. The van der Waals surface area contributed by atoms with Crippen LogP contribution >= 0.6 is 0 Å². The second-order valence-electron chi connectivity index (χ2n) is 5.53. The third-order valence-corrected chi connectivity index (χ3v) is 1.64. The van der Waals surface area contributed by atoms with Gasteiger partial charge in [-0.1, -0.05) is 0 Å². The Morgan fingerprint density at radius 2 is 1.62 bits per heavy atom. The molecule has 7 nitrogen and oxygen atoms in total. The smallest absolute Gasteiger partial charge is 0.408 e. The van der Waals surface area contributed by atoms with Gasteiger partial charge in [0.05, 0.1) is 6.54 Å². The number of rotatable bonds is 4. The van der Waals surface area contributed by atoms with Gasteiger partial charge in [0.25, 0.3) is 0 Å². The molecule has 0 aromatic carbocycles. The zero-order valence-corrected chi connectivity index (χ0v) is 14.6. The highest BCUT2D eigenvalue weighted by atomic mass is 32.2. The second kappa shape index (κ2) is 10.3. The molecular formula is C13H26N2O5S. The van der Waals surface area contributed by atoms with Crippen LogP contribution in [0.1, 0.15) is 34.6 Å². The predicted molar refractivity (Wildman–Crippen MR) is 82.5 cm³/mol. The van der Waals surface area contributed by atoms with E-state index in [9.17, 15) is 18.6 Å². The molecule has 0 rings (SSSR count). The van der Waals surface area contributed by atoms with Gasteiger partial charge in [0.2, 0.25) is 5.91 Å². The minimum absolute atomic E-state index is 0.0425. The van der Waals surface area contributed by atoms with Gasteiger partial charge in [-0.05, 0) is 34.6 Å². The van der Waals surface area contributed by atoms with Gasteiger partial charge in [0.1, 0.15) is 17.4 Å². The number of nitrogens with one attached hydrogen (secondary N) is 2. The molecule has 0 aliphatic carbocycles. The van der Waals surface area contributed by atoms with Crippen LogP contribution in [0.25, 0.3) is 0 Å². The van der Waals surface area contributed by atoms with E-state index in [1.54, 1.807) is 33.3 Å². The zero-order chi connectivity index (χ0) is 17.2. The molecule has 0 fully saturated rings. The van der Waals surface area contributed by atoms with E-state index in [0.29, 0.717) is 0 Å². The van der Waals surface area contributed by atoms with Crippen LogP contribution in [0.5, 0.6) is 0 Å². The fourth-order valence-electron chi connectivity index (χ4n) is 0.915. The highest BCUT2D eigenvalue weighted by molar-refractivity contribution is 7.83. The number of hydrogen-bond donors (Lipinski definition) is 2. The van der Waals surface area contributed by atoms with Crippen LogP contribution in [0, 0.1) is 0 Å². The van der Waals surface area contributed by atoms with Crippen LogP contribution in [0.3, 0.4) is 0 Å². The largest absolute Gasteiger partial charge is 0.444 e. The van der Waals surface area contributed by atoms with Gasteiger partial charge >= 0.3 is 6.09 Å². The zero-order valence-electron chi connectivity index (χ0n) is 13.7. The molecule has 0 aliphatic rings. The van der Waals surface area contributed by atoms with Gasteiger partial charge in [-0.3, -0.25) is 13.8 Å². The minimum atomic E-state index is -0.746. The maximum Gasteiger partial charge on any atom is 0.408 e. The average molecular weight is 322 g/mol. The summed E-state index contributed by atoms with van der Waals surface area (Å²) in [5.41, 5.74) is -0.611. The standard InChI is InChI=1S/C11H20N2O4.C2H6OS/c1-7(14)6-12-9(15)8(2)13-10(16)17-11(3,4)5;1-4(2)3/h8H,6H2,1-5H3,(H,12,15)(H,13,16);1-2H3/t8-;/m0./s1. The van der Waals surface area contributed by atoms with Crippen molar-refractivity contribution in [2.24, 2.45) is 0 Å². The second-order valence-corrected chi connectivity index (χ2v) is 7.01. The Balaban J connectivity index is 0. The quantitative estimate of drug-likeness (QED) is 0.789. The van der Waals surface area contributed by atoms with E-state index < -0.39 is 34.4 Å². The molecule has 0 spiro atoms. The molecule has 2 N–H and O–H groups in total. The number of carbonyl (C=O) groups is 3. The number of ketones is 1. The number of amides is 2. The van der Waals surface area contributed by atoms with Crippen molar-refractivity contribution in [1.82, 2.24) is 10.6 Å². The van der Waals surface area contributed by atoms with Crippen molar-refractivity contribution in [3.8, 4) is 0 Å². The Hall–Kier alpha value is -1.44. The first-order chi connectivity index (χ1) is 9.35. The predicted octanol–water partition coefficient (Wildman–Crippen LogP) is 0.600. The highest BCUT2D eigenvalue weighted by Gasteiger charge is 2.20. The van der Waals surface area contributed by atoms with Crippen molar-refractivity contribution in [2.45, 2.75) is 46.3 Å². The minimum Gasteiger partial charge on any atom is -0.444 e. The summed E-state index contributed by atoms with van der Waals surface area (Å²) < 4.78 is 14.5. The van der Waals surface area contributed by atoms with Gasteiger partial charge in [-0.2, -0.15) is 0 Å². The summed E-state index contributed by atoms with van der Waals surface area (Å²) in [7, 11) is -0.611. The van der Waals surface area contributed by atoms with Crippen LogP contribution in [0.2, 0.25) is 0 Å². The lowest BCUT2D eigenvalue weighted by Crippen LogP contribution is -2.47. The molecule has 0 aromatic rings. The first-order valence-corrected chi connectivity index (χ1v) is 8.33. The summed E-state index contributed by atoms with van der Waals surface area (Å²) in [6.45, 7) is 8.03. The molecule has 0 unspecified atom stereocenters. The molecule has 1 atom stereocenters. The van der Waals surface area contributed by atoms with Crippen LogP contribution in [-0.4, -0.2) is 52.7 Å². The lowest BCUT2D eigenvalue weighted by Gasteiger charge is -2.21. The number of Topliss-reactive ketones (excluding diaryl/α,β-unsaturated/α-hetero) is 1. The van der Waals surface area contributed by atoms with Crippen molar-refractivity contribution in [1.29, 1.82) is 0 Å². The van der Waals surface area contributed by atoms with Crippen molar-refractivity contribution < 1.29 is 23.3 Å². The van der Waals surface area contributed by atoms with Crippen LogP contribution in [-0.2, 0) is 25.1 Å². The normalized spacial score (nSPS) is 11.8. The Bertz CT molecular complexity index is 387. The first kappa shape index (κ1) is 21.9. The van der Waals surface area contributed by atoms with Crippen molar-refractivity contribution >= 4 is 28.6 Å². The molecule has 0 bridgehead atoms. The van der Waals surface area contributed by atoms with Crippen LogP contribution in [0.15, 0.2) is 0 Å². The Morgan fingerprint density at radius 3 is 1.95 bits per heavy atom. The molecule has 0 aromatic heterocycles. The molecule has 0 radical (unpaired) electrons. The average Bonchev–Trinajstić information content (AvgIpc) is 2.21. The molecule has 0 aliphatic heterocycles. The number of alkyl carbamates (subject to hydrolysis) is 1. The molecule has 0 heterocycles. The van der Waals surface area contributed by atoms with Gasteiger partial charge in [-0.15, -0.1) is 0 Å². The van der Waals surface area contributed by atoms with E-state index in [2.05, 4.69) is 10.6 Å². The monoisotopic (exact) mass is 322 g/mol. The molecule has 8 heteroatoms. The third-order valence-electron chi connectivity index (χ3n) is 1.64. The van der Waals surface area contributed by atoms with Gasteiger partial charge in [-0.25, -0.2) is 4.79 Å². The summed E-state index contributed by atoms with van der Waals surface area (Å²) >= 11 is 0. The van der Waals surface area contributed by atoms with Gasteiger partial charge < -0.3 is 15.4 Å². The molecule has 124 valence electrons. The Kier molecular flexibility index (Phi) is 10.7. The number of ether oxygens (including phenoxy) is 1. The summed E-state index contributed by atoms with van der Waals surface area (Å²) in [6.07, 6.45) is 2.61. The first-order valence-electron chi connectivity index (χ1n) is 6.37. The topological polar surface area (TPSA) is 102 Å².